The summed E-state index contributed by atoms with van der Waals surface area (Å²) in [6.07, 6.45) is 2.42. The van der Waals surface area contributed by atoms with Crippen molar-refractivity contribution in [3.63, 3.8) is 0 Å². The van der Waals surface area contributed by atoms with Crippen molar-refractivity contribution in [1.82, 2.24) is 14.8 Å². The van der Waals surface area contributed by atoms with Crippen LogP contribution in [0.4, 0.5) is 9.52 Å². The van der Waals surface area contributed by atoms with E-state index in [4.69, 9.17) is 4.74 Å². The molecule has 1 aliphatic carbocycles. The van der Waals surface area contributed by atoms with Gasteiger partial charge in [0.2, 0.25) is 0 Å². The number of carbonyl (C=O) groups is 1. The van der Waals surface area contributed by atoms with Crippen LogP contribution in [0, 0.1) is 5.82 Å². The lowest BCUT2D eigenvalue weighted by atomic mass is 10.1. The molecule has 0 unspecified atom stereocenters. The first-order valence-electron chi connectivity index (χ1n) is 9.91. The highest BCUT2D eigenvalue weighted by Crippen LogP contribution is 2.33. The van der Waals surface area contributed by atoms with E-state index in [9.17, 15) is 9.18 Å². The van der Waals surface area contributed by atoms with Crippen molar-refractivity contribution >= 4 is 22.4 Å². The standard InChI is InChI=1S/C23H19FN4O2S/c1-30-20-12-5-2-7-14(20)17-13-31-23(25-17)26-22(29)21-15-8-6-11-18(15)28(27-21)19-10-4-3-9-16(19)24/h2-5,7,9-10,12-13H,6,8,11H2,1H3,(H,25,26,29). The van der Waals surface area contributed by atoms with Crippen molar-refractivity contribution < 1.29 is 13.9 Å². The van der Waals surface area contributed by atoms with Gasteiger partial charge >= 0.3 is 0 Å². The number of nitrogens with one attached hydrogen (secondary N) is 1. The molecule has 0 aliphatic heterocycles. The van der Waals surface area contributed by atoms with Crippen molar-refractivity contribution in [2.75, 3.05) is 12.4 Å². The van der Waals surface area contributed by atoms with Gasteiger partial charge in [-0.05, 0) is 43.5 Å². The van der Waals surface area contributed by atoms with E-state index >= 15 is 0 Å². The molecule has 0 atom stereocenters. The number of para-hydroxylation sites is 2. The van der Waals surface area contributed by atoms with Gasteiger partial charge in [0.05, 0.1) is 12.8 Å². The molecule has 31 heavy (non-hydrogen) atoms. The Labute approximate surface area is 182 Å². The first kappa shape index (κ1) is 19.4. The summed E-state index contributed by atoms with van der Waals surface area (Å²) in [5.74, 6) is 0.00863. The molecule has 0 saturated carbocycles. The Kier molecular flexibility index (Phi) is 4.99. The minimum Gasteiger partial charge on any atom is -0.496 e. The van der Waals surface area contributed by atoms with E-state index in [-0.39, 0.29) is 11.7 Å². The molecule has 1 N–H and O–H groups in total. The summed E-state index contributed by atoms with van der Waals surface area (Å²) in [4.78, 5) is 17.6. The summed E-state index contributed by atoms with van der Waals surface area (Å²) < 4.78 is 21.3. The number of rotatable bonds is 5. The molecule has 0 radical (unpaired) electrons. The number of nitrogens with zero attached hydrogens (tertiary/aromatic N) is 3. The number of benzene rings is 2. The first-order valence-corrected chi connectivity index (χ1v) is 10.8. The molecule has 6 nitrogen and oxygen atoms in total. The topological polar surface area (TPSA) is 69.0 Å². The molecule has 156 valence electrons. The number of methoxy groups -OCH3 is 1. The van der Waals surface area contributed by atoms with Crippen LogP contribution >= 0.6 is 11.3 Å². The predicted octanol–water partition coefficient (Wildman–Crippen LogP) is 4.88. The Morgan fingerprint density at radius 2 is 1.97 bits per heavy atom. The van der Waals surface area contributed by atoms with E-state index in [0.717, 1.165) is 41.8 Å². The van der Waals surface area contributed by atoms with Crippen molar-refractivity contribution in [2.24, 2.45) is 0 Å². The summed E-state index contributed by atoms with van der Waals surface area (Å²) in [6.45, 7) is 0. The summed E-state index contributed by atoms with van der Waals surface area (Å²) in [6, 6.07) is 14.1. The highest BCUT2D eigenvalue weighted by Gasteiger charge is 2.28. The van der Waals surface area contributed by atoms with Gasteiger partial charge in [0.15, 0.2) is 10.8 Å². The highest BCUT2D eigenvalue weighted by molar-refractivity contribution is 7.14. The molecule has 2 aromatic heterocycles. The number of anilines is 1. The molecule has 8 heteroatoms. The van der Waals surface area contributed by atoms with Gasteiger partial charge in [-0.25, -0.2) is 14.1 Å². The molecule has 1 aliphatic rings. The second-order valence-corrected chi connectivity index (χ2v) is 8.04. The number of aromatic nitrogens is 3. The SMILES string of the molecule is COc1ccccc1-c1csc(NC(=O)c2nn(-c3ccccc3F)c3c2CCC3)n1. The van der Waals surface area contributed by atoms with Crippen LogP contribution < -0.4 is 10.1 Å². The van der Waals surface area contributed by atoms with Crippen LogP contribution in [0.5, 0.6) is 5.75 Å². The Morgan fingerprint density at radius 3 is 2.81 bits per heavy atom. The average Bonchev–Trinajstić information content (AvgIpc) is 3.51. The molecule has 0 spiro atoms. The van der Waals surface area contributed by atoms with Gasteiger partial charge in [-0.3, -0.25) is 10.1 Å². The largest absolute Gasteiger partial charge is 0.496 e. The van der Waals surface area contributed by atoms with Crippen molar-refractivity contribution in [2.45, 2.75) is 19.3 Å². The lowest BCUT2D eigenvalue weighted by Gasteiger charge is -2.06. The maximum absolute atomic E-state index is 14.3. The number of hydrogen-bond donors (Lipinski definition) is 1. The van der Waals surface area contributed by atoms with Gasteiger partial charge in [0.1, 0.15) is 17.3 Å². The van der Waals surface area contributed by atoms with Gasteiger partial charge in [0.25, 0.3) is 5.91 Å². The number of carbonyl (C=O) groups excluding carboxylic acids is 1. The first-order chi connectivity index (χ1) is 15.2. The molecule has 0 saturated heterocycles. The Balaban J connectivity index is 1.44. The number of hydrogen-bond acceptors (Lipinski definition) is 5. The maximum atomic E-state index is 14.3. The molecule has 0 bridgehead atoms. The van der Waals surface area contributed by atoms with Gasteiger partial charge in [-0.15, -0.1) is 11.3 Å². The van der Waals surface area contributed by atoms with Crippen LogP contribution in [0.2, 0.25) is 0 Å². The van der Waals surface area contributed by atoms with Gasteiger partial charge < -0.3 is 4.74 Å². The fourth-order valence-corrected chi connectivity index (χ4v) is 4.62. The molecule has 0 fully saturated rings. The average molecular weight is 434 g/mol. The maximum Gasteiger partial charge on any atom is 0.278 e. The minimum absolute atomic E-state index is 0.324. The zero-order valence-corrected chi connectivity index (χ0v) is 17.6. The molecule has 4 aromatic rings. The number of ether oxygens (including phenoxy) is 1. The predicted molar refractivity (Wildman–Crippen MR) is 118 cm³/mol. The lowest BCUT2D eigenvalue weighted by Crippen LogP contribution is -2.15. The van der Waals surface area contributed by atoms with E-state index < -0.39 is 0 Å². The summed E-state index contributed by atoms with van der Waals surface area (Å²) in [7, 11) is 1.61. The van der Waals surface area contributed by atoms with Crippen LogP contribution in [0.3, 0.4) is 0 Å². The van der Waals surface area contributed by atoms with Crippen molar-refractivity contribution in [1.29, 1.82) is 0 Å². The number of fused-ring (bicyclic) bond motifs is 1. The van der Waals surface area contributed by atoms with Crippen molar-refractivity contribution in [3.05, 3.63) is 76.7 Å². The lowest BCUT2D eigenvalue weighted by molar-refractivity contribution is 0.102. The third-order valence-electron chi connectivity index (χ3n) is 5.33. The number of amides is 1. The number of halogens is 1. The van der Waals surface area contributed by atoms with Crippen LogP contribution in [-0.2, 0) is 12.8 Å². The zero-order valence-electron chi connectivity index (χ0n) is 16.8. The molecule has 1 amide bonds. The van der Waals surface area contributed by atoms with Crippen LogP contribution in [0.1, 0.15) is 28.2 Å². The van der Waals surface area contributed by atoms with Crippen molar-refractivity contribution in [3.8, 4) is 22.7 Å². The third kappa shape index (κ3) is 3.48. The minimum atomic E-state index is -0.368. The Hall–Kier alpha value is -3.52. The summed E-state index contributed by atoms with van der Waals surface area (Å²) in [5.41, 5.74) is 4.02. The van der Waals surface area contributed by atoms with Gasteiger partial charge in [-0.2, -0.15) is 5.10 Å². The van der Waals surface area contributed by atoms with Crippen LogP contribution in [-0.4, -0.2) is 27.8 Å². The zero-order chi connectivity index (χ0) is 21.4. The van der Waals surface area contributed by atoms with E-state index in [1.165, 1.54) is 17.4 Å². The Morgan fingerprint density at radius 1 is 1.16 bits per heavy atom. The summed E-state index contributed by atoms with van der Waals surface area (Å²) in [5, 5.41) is 9.67. The fraction of sp³-hybridized carbons (Fsp3) is 0.174. The van der Waals surface area contributed by atoms with Crippen LogP contribution in [0.15, 0.2) is 53.9 Å². The van der Waals surface area contributed by atoms with Gasteiger partial charge in [0, 0.05) is 22.2 Å². The number of thiazole rings is 1. The summed E-state index contributed by atoms with van der Waals surface area (Å²) >= 11 is 1.33. The second-order valence-electron chi connectivity index (χ2n) is 7.18. The second kappa shape index (κ2) is 7.96. The van der Waals surface area contributed by atoms with E-state index in [2.05, 4.69) is 15.4 Å². The highest BCUT2D eigenvalue weighted by atomic mass is 32.1. The van der Waals surface area contributed by atoms with E-state index in [0.29, 0.717) is 22.3 Å². The molecular weight excluding hydrogens is 415 g/mol. The molecule has 2 aromatic carbocycles. The molecule has 5 rings (SSSR count). The van der Waals surface area contributed by atoms with E-state index in [1.54, 1.807) is 30.0 Å². The Bertz CT molecular complexity index is 1280. The fourth-order valence-electron chi connectivity index (χ4n) is 3.91. The molecular formula is C23H19FN4O2S. The monoisotopic (exact) mass is 434 g/mol. The third-order valence-corrected chi connectivity index (χ3v) is 6.09. The smallest absolute Gasteiger partial charge is 0.278 e. The normalized spacial score (nSPS) is 12.6. The van der Waals surface area contributed by atoms with E-state index in [1.807, 2.05) is 29.6 Å². The quantitative estimate of drug-likeness (QED) is 0.486. The van der Waals surface area contributed by atoms with Gasteiger partial charge in [-0.1, -0.05) is 24.3 Å². The van der Waals surface area contributed by atoms with Crippen LogP contribution in [0.25, 0.3) is 16.9 Å². The molecule has 2 heterocycles.